The minimum atomic E-state index is -0.330. The zero-order valence-corrected chi connectivity index (χ0v) is 15.2. The smallest absolute Gasteiger partial charge is 0.312 e. The summed E-state index contributed by atoms with van der Waals surface area (Å²) >= 11 is 0. The molecular formula is C20H23NO5. The van der Waals surface area contributed by atoms with Crippen LogP contribution in [0.4, 0.5) is 0 Å². The van der Waals surface area contributed by atoms with E-state index in [1.54, 1.807) is 19.2 Å². The summed E-state index contributed by atoms with van der Waals surface area (Å²) in [6.45, 7) is 1.29. The van der Waals surface area contributed by atoms with Gasteiger partial charge in [-0.25, -0.2) is 0 Å². The van der Waals surface area contributed by atoms with Gasteiger partial charge in [-0.1, -0.05) is 12.1 Å². The number of esters is 1. The number of fused-ring (bicyclic) bond motifs is 1. The van der Waals surface area contributed by atoms with Gasteiger partial charge in [-0.3, -0.25) is 4.79 Å². The summed E-state index contributed by atoms with van der Waals surface area (Å²) in [6.07, 6.45) is 0.216. The van der Waals surface area contributed by atoms with Gasteiger partial charge in [-0.15, -0.1) is 0 Å². The highest BCUT2D eigenvalue weighted by molar-refractivity contribution is 5.78. The minimum absolute atomic E-state index is 0.0642. The molecule has 0 amide bonds. The van der Waals surface area contributed by atoms with Crippen molar-refractivity contribution in [3.05, 3.63) is 47.5 Å². The average molecular weight is 357 g/mol. The Morgan fingerprint density at radius 1 is 1.19 bits per heavy atom. The van der Waals surface area contributed by atoms with Crippen LogP contribution in [-0.4, -0.2) is 50.3 Å². The fraction of sp³-hybridized carbons (Fsp3) is 0.350. The molecule has 6 nitrogen and oxygen atoms in total. The molecule has 26 heavy (non-hydrogen) atoms. The van der Waals surface area contributed by atoms with E-state index in [0.717, 1.165) is 17.7 Å². The average Bonchev–Trinajstić information content (AvgIpc) is 2.60. The molecule has 0 radical (unpaired) electrons. The molecule has 1 heterocycles. The second-order valence-corrected chi connectivity index (χ2v) is 6.51. The SMILES string of the molecule is COc1ccc(C2CC(=O)Oc3cc(O)ccc32)c(OCCN(C)C)c1. The van der Waals surface area contributed by atoms with Gasteiger partial charge in [0.15, 0.2) is 0 Å². The highest BCUT2D eigenvalue weighted by atomic mass is 16.5. The van der Waals surface area contributed by atoms with Crippen LogP contribution in [0.2, 0.25) is 0 Å². The molecule has 3 rings (SSSR count). The Morgan fingerprint density at radius 3 is 2.69 bits per heavy atom. The van der Waals surface area contributed by atoms with Crippen molar-refractivity contribution in [1.82, 2.24) is 4.90 Å². The monoisotopic (exact) mass is 357 g/mol. The first-order chi connectivity index (χ1) is 12.5. The molecule has 2 aromatic rings. The highest BCUT2D eigenvalue weighted by Crippen LogP contribution is 2.43. The van der Waals surface area contributed by atoms with Gasteiger partial charge in [0.05, 0.1) is 13.5 Å². The van der Waals surface area contributed by atoms with E-state index in [2.05, 4.69) is 0 Å². The summed E-state index contributed by atoms with van der Waals surface area (Å²) in [6, 6.07) is 10.5. The number of hydrogen-bond acceptors (Lipinski definition) is 6. The maximum absolute atomic E-state index is 12.1. The van der Waals surface area contributed by atoms with Gasteiger partial charge >= 0.3 is 5.97 Å². The van der Waals surface area contributed by atoms with Crippen molar-refractivity contribution < 1.29 is 24.1 Å². The first kappa shape index (κ1) is 18.1. The van der Waals surface area contributed by atoms with Gasteiger partial charge in [0.2, 0.25) is 0 Å². The molecule has 0 aliphatic carbocycles. The molecule has 0 bridgehead atoms. The Labute approximate surface area is 152 Å². The Balaban J connectivity index is 1.99. The Bertz CT molecular complexity index is 803. The number of phenols is 1. The molecule has 0 saturated carbocycles. The van der Waals surface area contributed by atoms with Crippen LogP contribution >= 0.6 is 0 Å². The van der Waals surface area contributed by atoms with Crippen molar-refractivity contribution in [2.45, 2.75) is 12.3 Å². The predicted molar refractivity (Wildman–Crippen MR) is 97.2 cm³/mol. The molecule has 0 aromatic heterocycles. The number of carbonyl (C=O) groups is 1. The van der Waals surface area contributed by atoms with Gasteiger partial charge < -0.3 is 24.2 Å². The third-order valence-electron chi connectivity index (χ3n) is 4.36. The van der Waals surface area contributed by atoms with E-state index in [1.165, 1.54) is 6.07 Å². The molecule has 1 aliphatic heterocycles. The molecule has 1 unspecified atom stereocenters. The number of carbonyl (C=O) groups excluding carboxylic acids is 1. The lowest BCUT2D eigenvalue weighted by molar-refractivity contribution is -0.135. The van der Waals surface area contributed by atoms with Crippen LogP contribution in [0.5, 0.6) is 23.0 Å². The van der Waals surface area contributed by atoms with E-state index in [0.29, 0.717) is 23.9 Å². The standard InChI is InChI=1S/C20H23NO5/c1-21(2)8-9-25-18-11-14(24-3)5-7-15(18)17-12-20(23)26-19-10-13(22)4-6-16(17)19/h4-7,10-11,17,22H,8-9,12H2,1-3H3. The lowest BCUT2D eigenvalue weighted by atomic mass is 9.85. The van der Waals surface area contributed by atoms with Crippen LogP contribution < -0.4 is 14.2 Å². The van der Waals surface area contributed by atoms with Gasteiger partial charge in [0, 0.05) is 35.7 Å². The quantitative estimate of drug-likeness (QED) is 0.633. The van der Waals surface area contributed by atoms with Gasteiger partial charge in [0.1, 0.15) is 29.6 Å². The van der Waals surface area contributed by atoms with Crippen LogP contribution in [-0.2, 0) is 4.79 Å². The number of benzene rings is 2. The largest absolute Gasteiger partial charge is 0.508 e. The van der Waals surface area contributed by atoms with Crippen molar-refractivity contribution in [3.63, 3.8) is 0 Å². The Kier molecular flexibility index (Phi) is 5.32. The molecule has 2 aromatic carbocycles. The molecule has 0 fully saturated rings. The van der Waals surface area contributed by atoms with Gasteiger partial charge in [0.25, 0.3) is 0 Å². The molecule has 6 heteroatoms. The Morgan fingerprint density at radius 2 is 1.96 bits per heavy atom. The molecule has 1 aliphatic rings. The van der Waals surface area contributed by atoms with Crippen molar-refractivity contribution in [2.24, 2.45) is 0 Å². The van der Waals surface area contributed by atoms with E-state index < -0.39 is 0 Å². The summed E-state index contributed by atoms with van der Waals surface area (Å²) < 4.78 is 16.6. The maximum atomic E-state index is 12.1. The number of phenolic OH excluding ortho intramolecular Hbond substituents is 1. The van der Waals surface area contributed by atoms with Crippen LogP contribution in [0.15, 0.2) is 36.4 Å². The number of ether oxygens (including phenoxy) is 3. The first-order valence-corrected chi connectivity index (χ1v) is 8.47. The number of methoxy groups -OCH3 is 1. The molecule has 0 spiro atoms. The molecular weight excluding hydrogens is 334 g/mol. The van der Waals surface area contributed by atoms with Crippen LogP contribution in [0, 0.1) is 0 Å². The van der Waals surface area contributed by atoms with Crippen LogP contribution in [0.1, 0.15) is 23.5 Å². The number of likely N-dealkylation sites (N-methyl/N-ethyl adjacent to an activating group) is 1. The van der Waals surface area contributed by atoms with Gasteiger partial charge in [-0.2, -0.15) is 0 Å². The van der Waals surface area contributed by atoms with Crippen molar-refractivity contribution >= 4 is 5.97 Å². The maximum Gasteiger partial charge on any atom is 0.312 e. The Hall–Kier alpha value is -2.73. The fourth-order valence-corrected chi connectivity index (χ4v) is 3.01. The molecule has 138 valence electrons. The summed E-state index contributed by atoms with van der Waals surface area (Å²) in [7, 11) is 5.57. The van der Waals surface area contributed by atoms with Crippen molar-refractivity contribution in [3.8, 4) is 23.0 Å². The van der Waals surface area contributed by atoms with Crippen LogP contribution in [0.3, 0.4) is 0 Å². The zero-order chi connectivity index (χ0) is 18.7. The zero-order valence-electron chi connectivity index (χ0n) is 15.2. The van der Waals surface area contributed by atoms with Crippen molar-refractivity contribution in [2.75, 3.05) is 34.4 Å². The van der Waals surface area contributed by atoms with E-state index in [-0.39, 0.29) is 24.1 Å². The molecule has 1 N–H and O–H groups in total. The third kappa shape index (κ3) is 3.91. The van der Waals surface area contributed by atoms with Crippen LogP contribution in [0.25, 0.3) is 0 Å². The number of hydrogen-bond donors (Lipinski definition) is 1. The van der Waals surface area contributed by atoms with E-state index >= 15 is 0 Å². The second kappa shape index (κ2) is 7.66. The number of aromatic hydroxyl groups is 1. The highest BCUT2D eigenvalue weighted by Gasteiger charge is 2.30. The topological polar surface area (TPSA) is 68.2 Å². The van der Waals surface area contributed by atoms with Gasteiger partial charge in [-0.05, 0) is 26.2 Å². The van der Waals surface area contributed by atoms with E-state index in [4.69, 9.17) is 14.2 Å². The summed E-state index contributed by atoms with van der Waals surface area (Å²) in [5.41, 5.74) is 1.75. The third-order valence-corrected chi connectivity index (χ3v) is 4.36. The predicted octanol–water partition coefficient (Wildman–Crippen LogP) is 2.78. The molecule has 0 saturated heterocycles. The lowest BCUT2D eigenvalue weighted by Gasteiger charge is -2.27. The first-order valence-electron chi connectivity index (χ1n) is 8.47. The normalized spacial score (nSPS) is 16.2. The summed E-state index contributed by atoms with van der Waals surface area (Å²) in [5.74, 6) is 1.30. The summed E-state index contributed by atoms with van der Waals surface area (Å²) in [5, 5.41) is 9.69. The molecule has 1 atom stereocenters. The fourth-order valence-electron chi connectivity index (χ4n) is 3.01. The number of rotatable bonds is 6. The summed E-state index contributed by atoms with van der Waals surface area (Å²) in [4.78, 5) is 14.1. The minimum Gasteiger partial charge on any atom is -0.508 e. The number of nitrogens with zero attached hydrogens (tertiary/aromatic N) is 1. The lowest BCUT2D eigenvalue weighted by Crippen LogP contribution is -2.22. The van der Waals surface area contributed by atoms with E-state index in [9.17, 15) is 9.90 Å². The van der Waals surface area contributed by atoms with Crippen molar-refractivity contribution in [1.29, 1.82) is 0 Å². The second-order valence-electron chi connectivity index (χ2n) is 6.51. The van der Waals surface area contributed by atoms with E-state index in [1.807, 2.05) is 37.2 Å².